The third-order valence-electron chi connectivity index (χ3n) is 6.60. The zero-order chi connectivity index (χ0) is 26.8. The number of allylic oxidation sites excluding steroid dienone is 10. The minimum atomic E-state index is 0.152. The molecule has 3 heteroatoms. The highest BCUT2D eigenvalue weighted by molar-refractivity contribution is 8.19. The molecule has 1 saturated heterocycles. The highest BCUT2D eigenvalue weighted by atomic mass is 32.2. The molecule has 0 radical (unpaired) electrons. The maximum atomic E-state index is 8.99. The van der Waals surface area contributed by atoms with Crippen molar-refractivity contribution in [1.29, 1.82) is 0 Å². The molecular weight excluding hydrogens is 476 g/mol. The molecule has 0 aliphatic carbocycles. The van der Waals surface area contributed by atoms with E-state index in [0.29, 0.717) is 0 Å². The van der Waals surface area contributed by atoms with E-state index in [-0.39, 0.29) is 10.7 Å². The minimum Gasteiger partial charge on any atom is -0.392 e. The van der Waals surface area contributed by atoms with Crippen molar-refractivity contribution in [1.82, 2.24) is 0 Å². The number of rotatable bonds is 16. The average molecular weight is 531 g/mol. The van der Waals surface area contributed by atoms with Crippen LogP contribution in [0.3, 0.4) is 0 Å². The zero-order valence-electron chi connectivity index (χ0n) is 24.4. The van der Waals surface area contributed by atoms with Crippen molar-refractivity contribution in [3.63, 3.8) is 0 Å². The lowest BCUT2D eigenvalue weighted by molar-refractivity contribution is 0.341. The first-order chi connectivity index (χ1) is 17.2. The lowest BCUT2D eigenvalue weighted by Crippen LogP contribution is -2.23. The molecule has 1 aliphatic rings. The Bertz CT molecular complexity index is 813. The van der Waals surface area contributed by atoms with Crippen molar-refractivity contribution in [2.75, 3.05) is 18.1 Å². The standard InChI is InChI=1S/C33H54OS2/c1-27(2)13-8-14-28(3)16-10-19-31(6)25-33(35-23-12-24-36-33)26-32(7)20-11-17-29(4)15-9-18-30(5)21-22-34/h13,15-16,20-21,25,34H,8-12,14,17-19,22-24,26H2,1-7H3. The molecule has 0 saturated carbocycles. The molecule has 0 bridgehead atoms. The van der Waals surface area contributed by atoms with E-state index >= 15 is 0 Å². The summed E-state index contributed by atoms with van der Waals surface area (Å²) in [6.45, 7) is 15.8. The van der Waals surface area contributed by atoms with Crippen molar-refractivity contribution in [3.8, 4) is 0 Å². The summed E-state index contributed by atoms with van der Waals surface area (Å²) in [6, 6.07) is 0. The van der Waals surface area contributed by atoms with Gasteiger partial charge in [-0.05, 0) is 124 Å². The van der Waals surface area contributed by atoms with Gasteiger partial charge in [0, 0.05) is 0 Å². The molecule has 0 unspecified atom stereocenters. The van der Waals surface area contributed by atoms with Crippen LogP contribution in [0.1, 0.15) is 113 Å². The van der Waals surface area contributed by atoms with Crippen molar-refractivity contribution in [2.24, 2.45) is 0 Å². The highest BCUT2D eigenvalue weighted by Gasteiger charge is 2.31. The van der Waals surface area contributed by atoms with Crippen molar-refractivity contribution in [2.45, 2.75) is 117 Å². The van der Waals surface area contributed by atoms with Crippen LogP contribution < -0.4 is 0 Å². The van der Waals surface area contributed by atoms with Gasteiger partial charge in [0.1, 0.15) is 0 Å². The molecule has 1 heterocycles. The fraction of sp³-hybridized carbons (Fsp3) is 0.636. The fourth-order valence-corrected chi connectivity index (χ4v) is 7.94. The van der Waals surface area contributed by atoms with Crippen LogP contribution in [0, 0.1) is 0 Å². The van der Waals surface area contributed by atoms with Crippen molar-refractivity contribution < 1.29 is 5.11 Å². The topological polar surface area (TPSA) is 20.2 Å². The van der Waals surface area contributed by atoms with Gasteiger partial charge >= 0.3 is 0 Å². The molecule has 0 aromatic heterocycles. The lowest BCUT2D eigenvalue weighted by Gasteiger charge is -2.34. The van der Waals surface area contributed by atoms with Gasteiger partial charge in [-0.3, -0.25) is 0 Å². The molecule has 1 nitrogen and oxygen atoms in total. The summed E-state index contributed by atoms with van der Waals surface area (Å²) in [7, 11) is 0. The van der Waals surface area contributed by atoms with Crippen molar-refractivity contribution >= 4 is 23.5 Å². The predicted molar refractivity (Wildman–Crippen MR) is 169 cm³/mol. The molecule has 1 aliphatic heterocycles. The molecule has 204 valence electrons. The number of hydrogen-bond donors (Lipinski definition) is 1. The molecule has 0 amide bonds. The van der Waals surface area contributed by atoms with Crippen LogP contribution in [0.2, 0.25) is 0 Å². The van der Waals surface area contributed by atoms with Crippen LogP contribution in [0.15, 0.2) is 69.9 Å². The molecule has 1 rings (SSSR count). The largest absolute Gasteiger partial charge is 0.392 e. The maximum Gasteiger partial charge on any atom is 0.0830 e. The molecule has 1 fully saturated rings. The first-order valence-corrected chi connectivity index (χ1v) is 16.0. The summed E-state index contributed by atoms with van der Waals surface area (Å²) in [5.41, 5.74) is 8.78. The second-order valence-corrected chi connectivity index (χ2v) is 14.0. The average Bonchev–Trinajstić information content (AvgIpc) is 2.79. The monoisotopic (exact) mass is 530 g/mol. The second-order valence-electron chi connectivity index (χ2n) is 10.9. The third kappa shape index (κ3) is 16.0. The Morgan fingerprint density at radius 3 is 1.56 bits per heavy atom. The molecule has 0 spiro atoms. The van der Waals surface area contributed by atoms with Gasteiger partial charge in [-0.1, -0.05) is 69.9 Å². The van der Waals surface area contributed by atoms with Gasteiger partial charge in [0.25, 0.3) is 0 Å². The van der Waals surface area contributed by atoms with E-state index in [1.807, 2.05) is 6.08 Å². The fourth-order valence-electron chi connectivity index (χ4n) is 4.42. The van der Waals surface area contributed by atoms with E-state index < -0.39 is 0 Å². The van der Waals surface area contributed by atoms with Crippen LogP contribution >= 0.6 is 23.5 Å². The summed E-state index contributed by atoms with van der Waals surface area (Å²) in [4.78, 5) is 0. The Morgan fingerprint density at radius 2 is 1.06 bits per heavy atom. The molecular formula is C33H54OS2. The van der Waals surface area contributed by atoms with E-state index in [0.717, 1.165) is 38.5 Å². The molecule has 0 atom stereocenters. The van der Waals surface area contributed by atoms with Crippen LogP contribution in [0.5, 0.6) is 0 Å². The minimum absolute atomic E-state index is 0.152. The number of hydrogen-bond acceptors (Lipinski definition) is 3. The van der Waals surface area contributed by atoms with Crippen LogP contribution in [-0.4, -0.2) is 27.3 Å². The van der Waals surface area contributed by atoms with E-state index in [1.165, 1.54) is 65.1 Å². The van der Waals surface area contributed by atoms with Crippen LogP contribution in [0.25, 0.3) is 0 Å². The van der Waals surface area contributed by atoms with E-state index in [4.69, 9.17) is 5.11 Å². The van der Waals surface area contributed by atoms with Gasteiger partial charge in [-0.15, -0.1) is 23.5 Å². The lowest BCUT2D eigenvalue weighted by atomic mass is 10.0. The number of aliphatic hydroxyl groups is 1. The zero-order valence-corrected chi connectivity index (χ0v) is 26.1. The summed E-state index contributed by atoms with van der Waals surface area (Å²) in [6.07, 6.45) is 25.7. The van der Waals surface area contributed by atoms with Gasteiger partial charge in [0.15, 0.2) is 0 Å². The second kappa shape index (κ2) is 19.2. The normalized spacial score (nSPS) is 17.9. The first-order valence-electron chi connectivity index (χ1n) is 14.0. The van der Waals surface area contributed by atoms with Gasteiger partial charge < -0.3 is 5.11 Å². The van der Waals surface area contributed by atoms with Gasteiger partial charge in [-0.2, -0.15) is 0 Å². The first kappa shape index (κ1) is 33.1. The Kier molecular flexibility index (Phi) is 17.7. The van der Waals surface area contributed by atoms with E-state index in [2.05, 4.69) is 102 Å². The third-order valence-corrected chi connectivity index (χ3v) is 9.79. The highest BCUT2D eigenvalue weighted by Crippen LogP contribution is 2.48. The molecule has 0 aromatic carbocycles. The van der Waals surface area contributed by atoms with Crippen molar-refractivity contribution in [3.05, 3.63) is 69.9 Å². The van der Waals surface area contributed by atoms with Gasteiger partial charge in [0.05, 0.1) is 10.7 Å². The Balaban J connectivity index is 2.63. The smallest absolute Gasteiger partial charge is 0.0830 e. The Morgan fingerprint density at radius 1 is 0.611 bits per heavy atom. The molecule has 0 aromatic rings. The molecule has 36 heavy (non-hydrogen) atoms. The summed E-state index contributed by atoms with van der Waals surface area (Å²) >= 11 is 4.34. The summed E-state index contributed by atoms with van der Waals surface area (Å²) in [5, 5.41) is 8.99. The predicted octanol–water partition coefficient (Wildman–Crippen LogP) is 10.8. The van der Waals surface area contributed by atoms with Crippen LogP contribution in [-0.2, 0) is 0 Å². The SMILES string of the molecule is CC(C)=CCCC(C)=CCCC(C)=CC1(CC(C)=CCCC(C)=CCCC(C)=CCO)SCCCS1. The van der Waals surface area contributed by atoms with E-state index in [1.54, 1.807) is 5.57 Å². The number of aliphatic hydroxyl groups excluding tert-OH is 1. The Labute approximate surface area is 232 Å². The van der Waals surface area contributed by atoms with E-state index in [9.17, 15) is 0 Å². The quantitative estimate of drug-likeness (QED) is 0.200. The van der Waals surface area contributed by atoms with Gasteiger partial charge in [-0.25, -0.2) is 0 Å². The summed E-state index contributed by atoms with van der Waals surface area (Å²) in [5.74, 6) is 2.55. The maximum absolute atomic E-state index is 8.99. The van der Waals surface area contributed by atoms with Gasteiger partial charge in [0.2, 0.25) is 0 Å². The molecule has 1 N–H and O–H groups in total. The Hall–Kier alpha value is -0.900. The number of thioether (sulfide) groups is 2. The van der Waals surface area contributed by atoms with Crippen LogP contribution in [0.4, 0.5) is 0 Å². The summed E-state index contributed by atoms with van der Waals surface area (Å²) < 4.78 is 0.215.